The summed E-state index contributed by atoms with van der Waals surface area (Å²) in [6.07, 6.45) is 8.14. The van der Waals surface area contributed by atoms with E-state index < -0.39 is 6.61 Å². The van der Waals surface area contributed by atoms with Gasteiger partial charge in [0.25, 0.3) is 5.56 Å². The molecule has 4 rings (SSSR count). The van der Waals surface area contributed by atoms with Gasteiger partial charge in [-0.2, -0.15) is 13.9 Å². The maximum Gasteiger partial charge on any atom is 0.388 e. The van der Waals surface area contributed by atoms with Gasteiger partial charge in [-0.15, -0.1) is 5.10 Å². The summed E-state index contributed by atoms with van der Waals surface area (Å²) in [5.74, 6) is 0.730. The van der Waals surface area contributed by atoms with E-state index in [9.17, 15) is 13.6 Å². The molecule has 9 nitrogen and oxygen atoms in total. The molecule has 11 heteroatoms. The van der Waals surface area contributed by atoms with Crippen molar-refractivity contribution in [2.75, 3.05) is 0 Å². The predicted octanol–water partition coefficient (Wildman–Crippen LogP) is 2.38. The minimum atomic E-state index is -2.95. The van der Waals surface area contributed by atoms with Gasteiger partial charge in [-0.05, 0) is 40.5 Å². The van der Waals surface area contributed by atoms with Gasteiger partial charge in [0, 0.05) is 23.9 Å². The number of ether oxygens (including phenoxy) is 1. The predicted molar refractivity (Wildman–Crippen MR) is 102 cm³/mol. The number of rotatable bonds is 6. The van der Waals surface area contributed by atoms with Crippen molar-refractivity contribution in [2.24, 2.45) is 5.92 Å². The van der Waals surface area contributed by atoms with E-state index in [1.807, 2.05) is 12.2 Å². The Hall–Kier alpha value is -3.76. The number of allylic oxidation sites excluding steroid dienone is 4. The second-order valence-corrected chi connectivity index (χ2v) is 6.72. The van der Waals surface area contributed by atoms with Crippen LogP contribution in [0.3, 0.4) is 0 Å². The number of hydrogen-bond donors (Lipinski definition) is 0. The van der Waals surface area contributed by atoms with E-state index in [2.05, 4.69) is 43.3 Å². The molecule has 30 heavy (non-hydrogen) atoms. The number of nitrogens with zero attached hydrogens (tertiary/aromatic N) is 7. The summed E-state index contributed by atoms with van der Waals surface area (Å²) >= 11 is 0. The fourth-order valence-electron chi connectivity index (χ4n) is 3.06. The SMILES string of the molecule is CC1C=CC=C(c2nnnn2Cn2nc(-c3ccc(OC(F)F)nc3)ccc2=O)C1. The normalized spacial score (nSPS) is 16.0. The Morgan fingerprint density at radius 3 is 2.83 bits per heavy atom. The summed E-state index contributed by atoms with van der Waals surface area (Å²) in [4.78, 5) is 16.1. The number of tetrazole rings is 1. The van der Waals surface area contributed by atoms with Crippen molar-refractivity contribution >= 4 is 5.57 Å². The molecule has 0 spiro atoms. The van der Waals surface area contributed by atoms with E-state index in [0.29, 0.717) is 23.0 Å². The lowest BCUT2D eigenvalue weighted by Crippen LogP contribution is -2.27. The lowest BCUT2D eigenvalue weighted by atomic mass is 9.95. The molecule has 3 aromatic rings. The molecule has 0 saturated heterocycles. The van der Waals surface area contributed by atoms with E-state index in [0.717, 1.165) is 12.0 Å². The molecule has 0 aromatic carbocycles. The van der Waals surface area contributed by atoms with Gasteiger partial charge in [0.1, 0.15) is 6.67 Å². The van der Waals surface area contributed by atoms with Crippen molar-refractivity contribution in [1.29, 1.82) is 0 Å². The van der Waals surface area contributed by atoms with Gasteiger partial charge in [-0.1, -0.05) is 25.2 Å². The molecule has 0 aliphatic heterocycles. The fourth-order valence-corrected chi connectivity index (χ4v) is 3.06. The highest BCUT2D eigenvalue weighted by molar-refractivity contribution is 5.63. The summed E-state index contributed by atoms with van der Waals surface area (Å²) in [5, 5.41) is 16.1. The zero-order valence-corrected chi connectivity index (χ0v) is 15.9. The number of alkyl halides is 2. The molecule has 1 atom stereocenters. The number of hydrogen-bond acceptors (Lipinski definition) is 7. The fraction of sp³-hybridized carbons (Fsp3) is 0.263. The van der Waals surface area contributed by atoms with Gasteiger partial charge in [-0.3, -0.25) is 4.79 Å². The van der Waals surface area contributed by atoms with Crippen LogP contribution < -0.4 is 10.3 Å². The zero-order chi connectivity index (χ0) is 21.1. The lowest BCUT2D eigenvalue weighted by Gasteiger charge is -2.14. The van der Waals surface area contributed by atoms with Crippen molar-refractivity contribution in [3.8, 4) is 17.1 Å². The Bertz CT molecular complexity index is 1150. The van der Waals surface area contributed by atoms with Crippen LogP contribution in [0.15, 0.2) is 53.5 Å². The summed E-state index contributed by atoms with van der Waals surface area (Å²) in [6.45, 7) is -0.838. The number of pyridine rings is 1. The van der Waals surface area contributed by atoms with Crippen LogP contribution in [0.5, 0.6) is 5.88 Å². The summed E-state index contributed by atoms with van der Waals surface area (Å²) in [7, 11) is 0. The Labute approximate surface area is 169 Å². The van der Waals surface area contributed by atoms with Gasteiger partial charge in [0.05, 0.1) is 5.69 Å². The minimum absolute atomic E-state index is 0.0183. The standard InChI is InChI=1S/C19H17F2N7O2/c1-12-3-2-4-13(9-12)18-23-25-26-28(18)11-27-17(29)8-6-15(24-27)14-5-7-16(22-10-14)30-19(20)21/h2-8,10,12,19H,9,11H2,1H3. The molecular weight excluding hydrogens is 396 g/mol. The van der Waals surface area contributed by atoms with Crippen LogP contribution in [0.1, 0.15) is 19.2 Å². The van der Waals surface area contributed by atoms with Crippen molar-refractivity contribution in [3.05, 3.63) is 64.9 Å². The van der Waals surface area contributed by atoms with Gasteiger partial charge < -0.3 is 4.74 Å². The average Bonchev–Trinajstić information content (AvgIpc) is 3.18. The quantitative estimate of drug-likeness (QED) is 0.612. The Morgan fingerprint density at radius 1 is 1.23 bits per heavy atom. The Kier molecular flexibility index (Phi) is 5.42. The number of aromatic nitrogens is 7. The monoisotopic (exact) mass is 413 g/mol. The molecule has 3 heterocycles. The molecule has 1 unspecified atom stereocenters. The molecule has 1 aliphatic rings. The van der Waals surface area contributed by atoms with E-state index >= 15 is 0 Å². The number of halogens is 2. The summed E-state index contributed by atoms with van der Waals surface area (Å²) in [6, 6.07) is 5.73. The smallest absolute Gasteiger partial charge is 0.388 e. The van der Waals surface area contributed by atoms with Crippen LogP contribution in [-0.4, -0.2) is 41.6 Å². The maximum atomic E-state index is 12.3. The van der Waals surface area contributed by atoms with Crippen LogP contribution in [-0.2, 0) is 6.67 Å². The highest BCUT2D eigenvalue weighted by atomic mass is 19.3. The minimum Gasteiger partial charge on any atom is -0.417 e. The van der Waals surface area contributed by atoms with E-state index in [1.54, 1.807) is 0 Å². The van der Waals surface area contributed by atoms with Gasteiger partial charge in [-0.25, -0.2) is 14.3 Å². The molecule has 154 valence electrons. The largest absolute Gasteiger partial charge is 0.417 e. The van der Waals surface area contributed by atoms with Crippen LogP contribution in [0.4, 0.5) is 8.78 Å². The molecular formula is C19H17F2N7O2. The topological polar surface area (TPSA) is 101 Å². The van der Waals surface area contributed by atoms with Crippen LogP contribution in [0.2, 0.25) is 0 Å². The third kappa shape index (κ3) is 4.29. The van der Waals surface area contributed by atoms with Gasteiger partial charge in [0.15, 0.2) is 5.82 Å². The van der Waals surface area contributed by atoms with Gasteiger partial charge in [0.2, 0.25) is 5.88 Å². The van der Waals surface area contributed by atoms with E-state index in [4.69, 9.17) is 0 Å². The second-order valence-electron chi connectivity index (χ2n) is 6.72. The first kappa shape index (κ1) is 19.6. The molecule has 1 aliphatic carbocycles. The molecule has 0 amide bonds. The summed E-state index contributed by atoms with van der Waals surface area (Å²) < 4.78 is 31.5. The molecule has 0 radical (unpaired) electrons. The molecule has 0 saturated carbocycles. The second kappa shape index (κ2) is 8.31. The third-order valence-electron chi connectivity index (χ3n) is 4.47. The Morgan fingerprint density at radius 2 is 2.10 bits per heavy atom. The molecule has 3 aromatic heterocycles. The van der Waals surface area contributed by atoms with Crippen molar-refractivity contribution in [1.82, 2.24) is 35.0 Å². The summed E-state index contributed by atoms with van der Waals surface area (Å²) in [5.41, 5.74) is 1.61. The average molecular weight is 413 g/mol. The Balaban J connectivity index is 1.60. The molecule has 0 fully saturated rings. The van der Waals surface area contributed by atoms with Crippen molar-refractivity contribution in [3.63, 3.8) is 0 Å². The highest BCUT2D eigenvalue weighted by Gasteiger charge is 2.17. The highest BCUT2D eigenvalue weighted by Crippen LogP contribution is 2.25. The van der Waals surface area contributed by atoms with E-state index in [-0.39, 0.29) is 18.1 Å². The van der Waals surface area contributed by atoms with Gasteiger partial charge >= 0.3 is 6.61 Å². The molecule has 0 bridgehead atoms. The first-order chi connectivity index (χ1) is 14.5. The third-order valence-corrected chi connectivity index (χ3v) is 4.47. The first-order valence-electron chi connectivity index (χ1n) is 9.13. The van der Waals surface area contributed by atoms with E-state index in [1.165, 1.54) is 39.8 Å². The van der Waals surface area contributed by atoms with Crippen LogP contribution >= 0.6 is 0 Å². The van der Waals surface area contributed by atoms with Crippen molar-refractivity contribution < 1.29 is 13.5 Å². The first-order valence-corrected chi connectivity index (χ1v) is 9.13. The zero-order valence-electron chi connectivity index (χ0n) is 15.9. The maximum absolute atomic E-state index is 12.3. The van der Waals surface area contributed by atoms with Crippen molar-refractivity contribution in [2.45, 2.75) is 26.6 Å². The lowest BCUT2D eigenvalue weighted by molar-refractivity contribution is -0.0528. The molecule has 0 N–H and O–H groups in total. The van der Waals surface area contributed by atoms with Crippen LogP contribution in [0, 0.1) is 5.92 Å². The van der Waals surface area contributed by atoms with Crippen LogP contribution in [0.25, 0.3) is 16.8 Å².